The number of aromatic nitrogens is 4. The van der Waals surface area contributed by atoms with Crippen molar-refractivity contribution in [2.24, 2.45) is 5.92 Å². The summed E-state index contributed by atoms with van der Waals surface area (Å²) in [6, 6.07) is 1.82. The average Bonchev–Trinajstić information content (AvgIpc) is 3.11. The molecule has 0 amide bonds. The van der Waals surface area contributed by atoms with Crippen LogP contribution in [-0.2, 0) is 25.9 Å². The van der Waals surface area contributed by atoms with Gasteiger partial charge < -0.3 is 0 Å². The minimum atomic E-state index is 0.0757. The van der Waals surface area contributed by atoms with Gasteiger partial charge in [0.2, 0.25) is 0 Å². The van der Waals surface area contributed by atoms with Crippen molar-refractivity contribution in [3.8, 4) is 0 Å². The summed E-state index contributed by atoms with van der Waals surface area (Å²) in [6.45, 7) is 3.82. The molecule has 1 saturated carbocycles. The van der Waals surface area contributed by atoms with Crippen LogP contribution in [0.1, 0.15) is 67.1 Å². The molecular formula is C22H29N5O. The number of rotatable bonds is 5. The second-order valence-electron chi connectivity index (χ2n) is 8.79. The van der Waals surface area contributed by atoms with Crippen LogP contribution in [-0.4, -0.2) is 37.7 Å². The van der Waals surface area contributed by atoms with Gasteiger partial charge in [-0.15, -0.1) is 0 Å². The third kappa shape index (κ3) is 3.75. The highest BCUT2D eigenvalue weighted by Gasteiger charge is 2.23. The summed E-state index contributed by atoms with van der Waals surface area (Å²) in [5.41, 5.74) is 3.59. The fourth-order valence-corrected chi connectivity index (χ4v) is 4.72. The summed E-state index contributed by atoms with van der Waals surface area (Å²) in [5, 5.41) is 4.64. The molecule has 0 aromatic carbocycles. The molecule has 2 aromatic rings. The molecule has 0 atom stereocenters. The first-order valence-corrected chi connectivity index (χ1v) is 10.9. The lowest BCUT2D eigenvalue weighted by Crippen LogP contribution is -2.36. The first kappa shape index (κ1) is 18.0. The molecular weight excluding hydrogens is 350 g/mol. The van der Waals surface area contributed by atoms with E-state index in [1.165, 1.54) is 30.4 Å². The number of piperidine rings is 1. The third-order valence-electron chi connectivity index (χ3n) is 6.76. The van der Waals surface area contributed by atoms with Crippen LogP contribution >= 0.6 is 0 Å². The Morgan fingerprint density at radius 2 is 1.79 bits per heavy atom. The number of aryl methyl sites for hydroxylation is 2. The molecule has 148 valence electrons. The lowest BCUT2D eigenvalue weighted by Gasteiger charge is -2.32. The van der Waals surface area contributed by atoms with Gasteiger partial charge in [0, 0.05) is 43.0 Å². The molecule has 6 nitrogen and oxygen atoms in total. The molecule has 2 aliphatic carbocycles. The van der Waals surface area contributed by atoms with Gasteiger partial charge in [0.05, 0.1) is 5.69 Å². The molecule has 6 heteroatoms. The Labute approximate surface area is 166 Å². The van der Waals surface area contributed by atoms with Crippen LogP contribution in [0.25, 0.3) is 0 Å². The van der Waals surface area contributed by atoms with Gasteiger partial charge in [-0.05, 0) is 69.5 Å². The van der Waals surface area contributed by atoms with Crippen molar-refractivity contribution in [1.29, 1.82) is 0 Å². The predicted octanol–water partition coefficient (Wildman–Crippen LogP) is 2.70. The fourth-order valence-electron chi connectivity index (χ4n) is 4.72. The molecule has 0 N–H and O–H groups in total. The SMILES string of the molecule is O=c1cc2c(nn1CC1CCN(Cc3cnc(C4CCC4)nc3)CC1)CCC2. The van der Waals surface area contributed by atoms with Gasteiger partial charge in [-0.25, -0.2) is 14.6 Å². The highest BCUT2D eigenvalue weighted by molar-refractivity contribution is 5.22. The average molecular weight is 380 g/mol. The second kappa shape index (κ2) is 7.74. The van der Waals surface area contributed by atoms with E-state index < -0.39 is 0 Å². The van der Waals surface area contributed by atoms with E-state index in [1.54, 1.807) is 4.68 Å². The summed E-state index contributed by atoms with van der Waals surface area (Å²) in [6.07, 6.45) is 13.2. The molecule has 3 aliphatic rings. The number of likely N-dealkylation sites (tertiary alicyclic amines) is 1. The van der Waals surface area contributed by atoms with Crippen molar-refractivity contribution >= 4 is 0 Å². The maximum atomic E-state index is 12.3. The van der Waals surface area contributed by atoms with Crippen LogP contribution in [0.2, 0.25) is 0 Å². The smallest absolute Gasteiger partial charge is 0.267 e. The Balaban J connectivity index is 1.14. The standard InChI is InChI=1S/C22H29N5O/c28-21-11-19-5-2-6-20(19)25-27(21)15-16-7-9-26(10-8-16)14-17-12-23-22(24-13-17)18-3-1-4-18/h11-13,16,18H,1-10,14-15H2. The van der Waals surface area contributed by atoms with Crippen LogP contribution in [0, 0.1) is 5.92 Å². The van der Waals surface area contributed by atoms with E-state index in [2.05, 4.69) is 20.0 Å². The Morgan fingerprint density at radius 1 is 1.00 bits per heavy atom. The Morgan fingerprint density at radius 3 is 2.50 bits per heavy atom. The Hall–Kier alpha value is -2.08. The van der Waals surface area contributed by atoms with Crippen molar-refractivity contribution in [1.82, 2.24) is 24.6 Å². The largest absolute Gasteiger partial charge is 0.299 e. The van der Waals surface area contributed by atoms with E-state index in [-0.39, 0.29) is 5.56 Å². The van der Waals surface area contributed by atoms with E-state index >= 15 is 0 Å². The normalized spacial score (nSPS) is 20.9. The van der Waals surface area contributed by atoms with Gasteiger partial charge in [-0.2, -0.15) is 5.10 Å². The van der Waals surface area contributed by atoms with Crippen molar-refractivity contribution in [3.05, 3.63) is 51.5 Å². The Kier molecular flexibility index (Phi) is 4.97. The van der Waals surface area contributed by atoms with E-state index in [1.807, 2.05) is 18.5 Å². The summed E-state index contributed by atoms with van der Waals surface area (Å²) in [5.74, 6) is 2.17. The minimum Gasteiger partial charge on any atom is -0.299 e. The van der Waals surface area contributed by atoms with Crippen molar-refractivity contribution in [3.63, 3.8) is 0 Å². The molecule has 28 heavy (non-hydrogen) atoms. The number of fused-ring (bicyclic) bond motifs is 1. The van der Waals surface area contributed by atoms with Crippen molar-refractivity contribution < 1.29 is 0 Å². The van der Waals surface area contributed by atoms with Gasteiger partial charge in [0.15, 0.2) is 0 Å². The van der Waals surface area contributed by atoms with E-state index in [4.69, 9.17) is 0 Å². The third-order valence-corrected chi connectivity index (χ3v) is 6.76. The van der Waals surface area contributed by atoms with Gasteiger partial charge in [0.25, 0.3) is 5.56 Å². The predicted molar refractivity (Wildman–Crippen MR) is 107 cm³/mol. The molecule has 0 unspecified atom stereocenters. The molecule has 0 bridgehead atoms. The van der Waals surface area contributed by atoms with E-state index in [9.17, 15) is 4.79 Å². The molecule has 0 radical (unpaired) electrons. The minimum absolute atomic E-state index is 0.0757. The van der Waals surface area contributed by atoms with Crippen LogP contribution in [0.3, 0.4) is 0 Å². The fraction of sp³-hybridized carbons (Fsp3) is 0.636. The zero-order valence-electron chi connectivity index (χ0n) is 16.5. The monoisotopic (exact) mass is 379 g/mol. The van der Waals surface area contributed by atoms with Gasteiger partial charge in [-0.1, -0.05) is 6.42 Å². The van der Waals surface area contributed by atoms with Gasteiger partial charge >= 0.3 is 0 Å². The molecule has 2 fully saturated rings. The van der Waals surface area contributed by atoms with E-state index in [0.29, 0.717) is 11.8 Å². The van der Waals surface area contributed by atoms with Gasteiger partial charge in [-0.3, -0.25) is 9.69 Å². The summed E-state index contributed by atoms with van der Waals surface area (Å²) in [7, 11) is 0. The van der Waals surface area contributed by atoms with Crippen molar-refractivity contribution in [2.45, 2.75) is 70.4 Å². The number of hydrogen-bond donors (Lipinski definition) is 0. The molecule has 3 heterocycles. The Bertz CT molecular complexity index is 879. The molecule has 5 rings (SSSR count). The zero-order valence-corrected chi connectivity index (χ0v) is 16.5. The highest BCUT2D eigenvalue weighted by Crippen LogP contribution is 2.34. The molecule has 2 aromatic heterocycles. The quantitative estimate of drug-likeness (QED) is 0.799. The summed E-state index contributed by atoms with van der Waals surface area (Å²) < 4.78 is 1.72. The first-order chi connectivity index (χ1) is 13.7. The summed E-state index contributed by atoms with van der Waals surface area (Å²) in [4.78, 5) is 24.0. The maximum absolute atomic E-state index is 12.3. The van der Waals surface area contributed by atoms with Crippen LogP contribution in [0.4, 0.5) is 0 Å². The lowest BCUT2D eigenvalue weighted by molar-refractivity contribution is 0.163. The number of nitrogens with zero attached hydrogens (tertiary/aromatic N) is 5. The zero-order chi connectivity index (χ0) is 18.9. The highest BCUT2D eigenvalue weighted by atomic mass is 16.1. The van der Waals surface area contributed by atoms with Crippen LogP contribution in [0.15, 0.2) is 23.3 Å². The second-order valence-corrected chi connectivity index (χ2v) is 8.79. The molecule has 1 saturated heterocycles. The lowest BCUT2D eigenvalue weighted by atomic mass is 9.85. The van der Waals surface area contributed by atoms with Crippen LogP contribution < -0.4 is 5.56 Å². The maximum Gasteiger partial charge on any atom is 0.267 e. The summed E-state index contributed by atoms with van der Waals surface area (Å²) >= 11 is 0. The first-order valence-electron chi connectivity index (χ1n) is 10.9. The molecule has 1 aliphatic heterocycles. The van der Waals surface area contributed by atoms with Gasteiger partial charge in [0.1, 0.15) is 5.82 Å². The number of hydrogen-bond acceptors (Lipinski definition) is 5. The van der Waals surface area contributed by atoms with E-state index in [0.717, 1.165) is 69.8 Å². The topological polar surface area (TPSA) is 63.9 Å². The molecule has 0 spiro atoms. The van der Waals surface area contributed by atoms with Crippen molar-refractivity contribution in [2.75, 3.05) is 13.1 Å². The van der Waals surface area contributed by atoms with Crippen LogP contribution in [0.5, 0.6) is 0 Å².